The fraction of sp³-hybridized carbons (Fsp3) is 0.300. The second-order valence-electron chi connectivity index (χ2n) is 6.62. The molecule has 0 fully saturated rings. The number of carbonyl (C=O) groups is 2. The van der Waals surface area contributed by atoms with Crippen LogP contribution in [0.3, 0.4) is 0 Å². The topological polar surface area (TPSA) is 102 Å². The van der Waals surface area contributed by atoms with Gasteiger partial charge in [-0.05, 0) is 43.3 Å². The minimum Gasteiger partial charge on any atom is -0.482 e. The second-order valence-corrected chi connectivity index (χ2v) is 8.59. The number of anilines is 1. The zero-order valence-corrected chi connectivity index (χ0v) is 18.0. The van der Waals surface area contributed by atoms with Crippen LogP contribution in [0, 0.1) is 6.92 Å². The molecule has 2 rings (SSSR count). The highest BCUT2D eigenvalue weighted by Gasteiger charge is 2.27. The first kappa shape index (κ1) is 25.0. The van der Waals surface area contributed by atoms with Crippen molar-refractivity contribution in [3.63, 3.8) is 0 Å². The van der Waals surface area contributed by atoms with Crippen molar-refractivity contribution in [3.8, 4) is 5.75 Å². The average molecular weight is 474 g/mol. The molecular formula is C20H21F3N2O6S. The number of alkyl halides is 3. The average Bonchev–Trinajstić information content (AvgIpc) is 2.74. The maximum absolute atomic E-state index is 12.7. The molecule has 174 valence electrons. The number of hydrogen-bond acceptors (Lipinski definition) is 6. The quantitative estimate of drug-likeness (QED) is 0.560. The molecule has 0 aliphatic carbocycles. The van der Waals surface area contributed by atoms with Crippen molar-refractivity contribution in [2.75, 3.05) is 31.1 Å². The largest absolute Gasteiger partial charge is 0.482 e. The molecule has 0 spiro atoms. The maximum atomic E-state index is 12.7. The Morgan fingerprint density at radius 1 is 1.00 bits per heavy atom. The summed E-state index contributed by atoms with van der Waals surface area (Å²) in [4.78, 5) is 22.9. The molecule has 0 unspecified atom stereocenters. The lowest BCUT2D eigenvalue weighted by Gasteiger charge is -2.20. The molecule has 1 amide bonds. The summed E-state index contributed by atoms with van der Waals surface area (Å²) < 4.78 is 72.2. The molecule has 0 bridgehead atoms. The summed E-state index contributed by atoms with van der Waals surface area (Å²) in [6.45, 7) is -1.15. The molecule has 0 saturated heterocycles. The number of aryl methyl sites for hydroxylation is 1. The van der Waals surface area contributed by atoms with Gasteiger partial charge in [-0.15, -0.1) is 0 Å². The van der Waals surface area contributed by atoms with Crippen LogP contribution < -0.4 is 14.4 Å². The van der Waals surface area contributed by atoms with Gasteiger partial charge in [0, 0.05) is 7.05 Å². The van der Waals surface area contributed by atoms with E-state index in [-0.39, 0.29) is 10.6 Å². The SMILES string of the molecule is Cc1ccc(S(=O)(=O)N(C)c2ccc(OCC(=O)OCC(=O)NCC(F)(F)F)cc2)cc1. The van der Waals surface area contributed by atoms with Gasteiger partial charge in [0.05, 0.1) is 10.6 Å². The van der Waals surface area contributed by atoms with Crippen molar-refractivity contribution in [3.05, 3.63) is 54.1 Å². The minimum absolute atomic E-state index is 0.132. The van der Waals surface area contributed by atoms with Gasteiger partial charge in [-0.25, -0.2) is 13.2 Å². The number of sulfonamides is 1. The summed E-state index contributed by atoms with van der Waals surface area (Å²) >= 11 is 0. The van der Waals surface area contributed by atoms with E-state index in [0.29, 0.717) is 5.69 Å². The number of amides is 1. The van der Waals surface area contributed by atoms with Crippen LogP contribution in [0.4, 0.5) is 18.9 Å². The van der Waals surface area contributed by atoms with E-state index in [1.165, 1.54) is 43.4 Å². The molecule has 8 nitrogen and oxygen atoms in total. The molecular weight excluding hydrogens is 453 g/mol. The summed E-state index contributed by atoms with van der Waals surface area (Å²) in [5.74, 6) is -1.85. The number of hydrogen-bond donors (Lipinski definition) is 1. The number of nitrogens with one attached hydrogen (secondary N) is 1. The highest BCUT2D eigenvalue weighted by atomic mass is 32.2. The molecule has 0 aliphatic heterocycles. The predicted octanol–water partition coefficient (Wildman–Crippen LogP) is 2.42. The van der Waals surface area contributed by atoms with Gasteiger partial charge >= 0.3 is 12.1 Å². The number of carbonyl (C=O) groups excluding carboxylic acids is 2. The number of esters is 1. The fourth-order valence-electron chi connectivity index (χ4n) is 2.34. The van der Waals surface area contributed by atoms with Crippen LogP contribution in [-0.4, -0.2) is 53.3 Å². The summed E-state index contributed by atoms with van der Waals surface area (Å²) in [7, 11) is -2.37. The lowest BCUT2D eigenvalue weighted by molar-refractivity contribution is -0.152. The highest BCUT2D eigenvalue weighted by Crippen LogP contribution is 2.24. The Balaban J connectivity index is 1.86. The highest BCUT2D eigenvalue weighted by molar-refractivity contribution is 7.92. The van der Waals surface area contributed by atoms with Crippen molar-refractivity contribution >= 4 is 27.6 Å². The molecule has 0 saturated carbocycles. The summed E-state index contributed by atoms with van der Waals surface area (Å²) in [6.07, 6.45) is -4.57. The summed E-state index contributed by atoms with van der Waals surface area (Å²) in [5.41, 5.74) is 1.27. The predicted molar refractivity (Wildman–Crippen MR) is 109 cm³/mol. The first-order valence-electron chi connectivity index (χ1n) is 9.16. The lowest BCUT2D eigenvalue weighted by atomic mass is 10.2. The van der Waals surface area contributed by atoms with Crippen LogP contribution in [-0.2, 0) is 24.3 Å². The molecule has 12 heteroatoms. The molecule has 2 aromatic carbocycles. The van der Waals surface area contributed by atoms with Gasteiger partial charge in [-0.3, -0.25) is 9.10 Å². The Morgan fingerprint density at radius 3 is 2.16 bits per heavy atom. The van der Waals surface area contributed by atoms with Crippen LogP contribution in [0.15, 0.2) is 53.4 Å². The Kier molecular flexibility index (Phi) is 8.08. The third kappa shape index (κ3) is 7.45. The molecule has 1 N–H and O–H groups in total. The minimum atomic E-state index is -4.57. The van der Waals surface area contributed by atoms with E-state index in [0.717, 1.165) is 9.87 Å². The van der Waals surface area contributed by atoms with E-state index in [9.17, 15) is 31.2 Å². The molecule has 0 aliphatic rings. The fourth-order valence-corrected chi connectivity index (χ4v) is 3.53. The third-order valence-corrected chi connectivity index (χ3v) is 5.89. The first-order valence-corrected chi connectivity index (χ1v) is 10.6. The van der Waals surface area contributed by atoms with Crippen molar-refractivity contribution < 1.29 is 40.7 Å². The number of halogens is 3. The Labute approximate surface area is 183 Å². The van der Waals surface area contributed by atoms with E-state index in [1.54, 1.807) is 17.4 Å². The maximum Gasteiger partial charge on any atom is 0.405 e. The Morgan fingerprint density at radius 2 is 1.59 bits per heavy atom. The van der Waals surface area contributed by atoms with E-state index in [2.05, 4.69) is 4.74 Å². The van der Waals surface area contributed by atoms with Gasteiger partial charge in [0.2, 0.25) is 0 Å². The first-order chi connectivity index (χ1) is 14.9. The van der Waals surface area contributed by atoms with E-state index in [1.807, 2.05) is 6.92 Å². The standard InChI is InChI=1S/C20H21F3N2O6S/c1-14-3-9-17(10-4-14)32(28,29)25(2)15-5-7-16(8-6-15)30-12-19(27)31-11-18(26)24-13-20(21,22)23/h3-10H,11-13H2,1-2H3,(H,24,26). The van der Waals surface area contributed by atoms with Crippen molar-refractivity contribution in [2.45, 2.75) is 18.0 Å². The van der Waals surface area contributed by atoms with Gasteiger partial charge in [0.25, 0.3) is 15.9 Å². The number of benzene rings is 2. The molecule has 0 atom stereocenters. The summed E-state index contributed by atoms with van der Waals surface area (Å²) in [6, 6.07) is 12.2. The number of rotatable bonds is 9. The van der Waals surface area contributed by atoms with E-state index >= 15 is 0 Å². The van der Waals surface area contributed by atoms with E-state index < -0.39 is 47.8 Å². The monoisotopic (exact) mass is 474 g/mol. The van der Waals surface area contributed by atoms with Crippen LogP contribution in [0.1, 0.15) is 5.56 Å². The molecule has 0 aromatic heterocycles. The van der Waals surface area contributed by atoms with Crippen LogP contribution in [0.2, 0.25) is 0 Å². The van der Waals surface area contributed by atoms with Gasteiger partial charge in [-0.1, -0.05) is 17.7 Å². The molecule has 0 heterocycles. The molecule has 0 radical (unpaired) electrons. The van der Waals surface area contributed by atoms with Crippen molar-refractivity contribution in [2.24, 2.45) is 0 Å². The zero-order chi connectivity index (χ0) is 23.9. The van der Waals surface area contributed by atoms with Crippen LogP contribution in [0.5, 0.6) is 5.75 Å². The second kappa shape index (κ2) is 10.4. The number of nitrogens with zero attached hydrogens (tertiary/aromatic N) is 1. The zero-order valence-electron chi connectivity index (χ0n) is 17.2. The van der Waals surface area contributed by atoms with Crippen LogP contribution in [0.25, 0.3) is 0 Å². The third-order valence-electron chi connectivity index (χ3n) is 4.09. The smallest absolute Gasteiger partial charge is 0.405 e. The summed E-state index contributed by atoms with van der Waals surface area (Å²) in [5, 5.41) is 1.56. The molecule has 32 heavy (non-hydrogen) atoms. The lowest BCUT2D eigenvalue weighted by Crippen LogP contribution is -2.36. The van der Waals surface area contributed by atoms with Crippen molar-refractivity contribution in [1.82, 2.24) is 5.32 Å². The number of ether oxygens (including phenoxy) is 2. The van der Waals surface area contributed by atoms with Crippen LogP contribution >= 0.6 is 0 Å². The van der Waals surface area contributed by atoms with Crippen molar-refractivity contribution in [1.29, 1.82) is 0 Å². The van der Waals surface area contributed by atoms with E-state index in [4.69, 9.17) is 4.74 Å². The van der Waals surface area contributed by atoms with Gasteiger partial charge in [-0.2, -0.15) is 13.2 Å². The van der Waals surface area contributed by atoms with Gasteiger partial charge in [0.15, 0.2) is 13.2 Å². The van der Waals surface area contributed by atoms with Gasteiger partial charge in [0.1, 0.15) is 12.3 Å². The Bertz CT molecular complexity index is 1040. The normalized spacial score (nSPS) is 11.5. The Hall–Kier alpha value is -3.28. The van der Waals surface area contributed by atoms with Gasteiger partial charge < -0.3 is 14.8 Å². The molecule has 2 aromatic rings.